The van der Waals surface area contributed by atoms with Gasteiger partial charge in [-0.2, -0.15) is 0 Å². The summed E-state index contributed by atoms with van der Waals surface area (Å²) in [6.45, 7) is 7.00. The number of amides is 2. The third-order valence-electron chi connectivity index (χ3n) is 5.79. The van der Waals surface area contributed by atoms with Crippen LogP contribution in [0.25, 0.3) is 0 Å². The molecule has 154 valence electrons. The molecule has 3 rings (SSSR count). The monoisotopic (exact) mass is 392 g/mol. The molecule has 2 unspecified atom stereocenters. The van der Waals surface area contributed by atoms with Crippen molar-refractivity contribution in [2.24, 2.45) is 5.92 Å². The predicted octanol–water partition coefficient (Wildman–Crippen LogP) is 4.64. The van der Waals surface area contributed by atoms with Gasteiger partial charge in [-0.3, -0.25) is 9.59 Å². The van der Waals surface area contributed by atoms with Crippen molar-refractivity contribution in [1.82, 2.24) is 4.90 Å². The van der Waals surface area contributed by atoms with Crippen molar-refractivity contribution in [3.05, 3.63) is 65.7 Å². The highest BCUT2D eigenvalue weighted by atomic mass is 16.2. The Balaban J connectivity index is 1.71. The third kappa shape index (κ3) is 4.87. The molecule has 0 aliphatic carbocycles. The second-order valence-corrected chi connectivity index (χ2v) is 8.48. The van der Waals surface area contributed by atoms with Crippen LogP contribution < -0.4 is 4.90 Å². The van der Waals surface area contributed by atoms with Crippen LogP contribution in [0.1, 0.15) is 50.7 Å². The lowest BCUT2D eigenvalue weighted by Crippen LogP contribution is -2.47. The van der Waals surface area contributed by atoms with E-state index in [1.54, 1.807) is 16.8 Å². The first-order chi connectivity index (χ1) is 13.9. The highest BCUT2D eigenvalue weighted by Crippen LogP contribution is 2.27. The fraction of sp³-hybridized carbons (Fsp3) is 0.440. The van der Waals surface area contributed by atoms with Gasteiger partial charge in [0.2, 0.25) is 11.8 Å². The molecule has 1 fully saturated rings. The van der Waals surface area contributed by atoms with Crippen LogP contribution in [0, 0.1) is 5.92 Å². The lowest BCUT2D eigenvalue weighted by molar-refractivity contribution is -0.138. The summed E-state index contributed by atoms with van der Waals surface area (Å²) in [4.78, 5) is 29.8. The van der Waals surface area contributed by atoms with Gasteiger partial charge in [0.1, 0.15) is 6.04 Å². The number of nitrogens with zero attached hydrogens (tertiary/aromatic N) is 2. The Kier molecular flexibility index (Phi) is 6.73. The Morgan fingerprint density at radius 1 is 1.03 bits per heavy atom. The highest BCUT2D eigenvalue weighted by Gasteiger charge is 2.37. The molecular weight excluding hydrogens is 360 g/mol. The molecule has 1 heterocycles. The molecule has 0 aromatic heterocycles. The molecular formula is C25H32N2O2. The van der Waals surface area contributed by atoms with Crippen LogP contribution in [0.2, 0.25) is 0 Å². The van der Waals surface area contributed by atoms with Crippen LogP contribution in [0.4, 0.5) is 5.69 Å². The fourth-order valence-electron chi connectivity index (χ4n) is 4.09. The van der Waals surface area contributed by atoms with Gasteiger partial charge in [-0.15, -0.1) is 0 Å². The van der Waals surface area contributed by atoms with E-state index in [2.05, 4.69) is 38.1 Å². The maximum absolute atomic E-state index is 13.2. The molecule has 2 aromatic carbocycles. The minimum absolute atomic E-state index is 0.0125. The van der Waals surface area contributed by atoms with Gasteiger partial charge >= 0.3 is 0 Å². The molecule has 0 radical (unpaired) electrons. The SMILES string of the molecule is CC(C)Cc1ccc(C(C)C(=O)N2CCCC2C(=O)N(C)c2ccccc2)cc1. The number of carbonyl (C=O) groups is 2. The first kappa shape index (κ1) is 21.1. The highest BCUT2D eigenvalue weighted by molar-refractivity contribution is 5.99. The average Bonchev–Trinajstić information content (AvgIpc) is 3.22. The number of benzene rings is 2. The molecule has 1 aliphatic rings. The average molecular weight is 393 g/mol. The zero-order valence-corrected chi connectivity index (χ0v) is 18.0. The van der Waals surface area contributed by atoms with Crippen molar-refractivity contribution in [3.8, 4) is 0 Å². The zero-order chi connectivity index (χ0) is 21.0. The lowest BCUT2D eigenvalue weighted by Gasteiger charge is -2.30. The fourth-order valence-corrected chi connectivity index (χ4v) is 4.09. The van der Waals surface area contributed by atoms with E-state index in [1.807, 2.05) is 37.3 Å². The Morgan fingerprint density at radius 3 is 2.31 bits per heavy atom. The molecule has 1 saturated heterocycles. The van der Waals surface area contributed by atoms with Gasteiger partial charge in [0.05, 0.1) is 5.92 Å². The van der Waals surface area contributed by atoms with Gasteiger partial charge in [0.25, 0.3) is 0 Å². The number of likely N-dealkylation sites (tertiary alicyclic amines) is 1. The van der Waals surface area contributed by atoms with Crippen LogP contribution in [0.15, 0.2) is 54.6 Å². The molecule has 1 aliphatic heterocycles. The normalized spacial score (nSPS) is 17.4. The Morgan fingerprint density at radius 2 is 1.69 bits per heavy atom. The number of hydrogen-bond acceptors (Lipinski definition) is 2. The summed E-state index contributed by atoms with van der Waals surface area (Å²) in [6.07, 6.45) is 2.63. The van der Waals surface area contributed by atoms with Crippen LogP contribution in [-0.2, 0) is 16.0 Å². The molecule has 2 amide bonds. The maximum atomic E-state index is 13.2. The molecule has 0 bridgehead atoms. The first-order valence-corrected chi connectivity index (χ1v) is 10.6. The number of hydrogen-bond donors (Lipinski definition) is 0. The quantitative estimate of drug-likeness (QED) is 0.718. The van der Waals surface area contributed by atoms with E-state index in [0.29, 0.717) is 12.5 Å². The van der Waals surface area contributed by atoms with Crippen LogP contribution in [-0.4, -0.2) is 36.3 Å². The maximum Gasteiger partial charge on any atom is 0.249 e. The van der Waals surface area contributed by atoms with Gasteiger partial charge in [-0.25, -0.2) is 0 Å². The number of rotatable bonds is 6. The molecule has 0 N–H and O–H groups in total. The van der Waals surface area contributed by atoms with E-state index in [0.717, 1.165) is 30.5 Å². The smallest absolute Gasteiger partial charge is 0.249 e. The molecule has 4 nitrogen and oxygen atoms in total. The van der Waals surface area contributed by atoms with Crippen molar-refractivity contribution >= 4 is 17.5 Å². The standard InChI is InChI=1S/C25H32N2O2/c1-18(2)17-20-12-14-21(15-13-20)19(3)24(28)27-16-8-11-23(27)25(29)26(4)22-9-6-5-7-10-22/h5-7,9-10,12-15,18-19,23H,8,11,16-17H2,1-4H3. The largest absolute Gasteiger partial charge is 0.330 e. The lowest BCUT2D eigenvalue weighted by atomic mass is 9.95. The van der Waals surface area contributed by atoms with Gasteiger partial charge in [0.15, 0.2) is 0 Å². The Labute approximate surface area is 174 Å². The van der Waals surface area contributed by atoms with E-state index in [9.17, 15) is 9.59 Å². The minimum Gasteiger partial charge on any atom is -0.330 e. The summed E-state index contributed by atoms with van der Waals surface area (Å²) >= 11 is 0. The Hall–Kier alpha value is -2.62. The second kappa shape index (κ2) is 9.25. The predicted molar refractivity (Wildman–Crippen MR) is 118 cm³/mol. The Bertz CT molecular complexity index is 830. The third-order valence-corrected chi connectivity index (χ3v) is 5.79. The van der Waals surface area contributed by atoms with E-state index >= 15 is 0 Å². The summed E-state index contributed by atoms with van der Waals surface area (Å²) in [5.74, 6) is 0.386. The van der Waals surface area contributed by atoms with Crippen LogP contribution in [0.5, 0.6) is 0 Å². The topological polar surface area (TPSA) is 40.6 Å². The van der Waals surface area contributed by atoms with Gasteiger partial charge in [0, 0.05) is 19.3 Å². The minimum atomic E-state index is -0.379. The second-order valence-electron chi connectivity index (χ2n) is 8.48. The summed E-state index contributed by atoms with van der Waals surface area (Å²) in [6, 6.07) is 17.6. The van der Waals surface area contributed by atoms with Crippen molar-refractivity contribution in [3.63, 3.8) is 0 Å². The van der Waals surface area contributed by atoms with E-state index in [4.69, 9.17) is 0 Å². The van der Waals surface area contributed by atoms with Crippen LogP contribution >= 0.6 is 0 Å². The number of carbonyl (C=O) groups excluding carboxylic acids is 2. The summed E-state index contributed by atoms with van der Waals surface area (Å²) < 4.78 is 0. The summed E-state index contributed by atoms with van der Waals surface area (Å²) in [5, 5.41) is 0. The van der Waals surface area contributed by atoms with Crippen molar-refractivity contribution in [1.29, 1.82) is 0 Å². The van der Waals surface area contributed by atoms with E-state index in [1.165, 1.54) is 5.56 Å². The first-order valence-electron chi connectivity index (χ1n) is 10.6. The molecule has 4 heteroatoms. The van der Waals surface area contributed by atoms with Crippen molar-refractivity contribution in [2.75, 3.05) is 18.5 Å². The van der Waals surface area contributed by atoms with Gasteiger partial charge in [-0.05, 0) is 55.4 Å². The molecule has 0 saturated carbocycles. The van der Waals surface area contributed by atoms with E-state index < -0.39 is 0 Å². The molecule has 2 aromatic rings. The summed E-state index contributed by atoms with van der Waals surface area (Å²) in [5.41, 5.74) is 3.16. The van der Waals surface area contributed by atoms with Crippen molar-refractivity contribution in [2.45, 2.75) is 52.0 Å². The number of anilines is 1. The molecule has 0 spiro atoms. The molecule has 29 heavy (non-hydrogen) atoms. The molecule has 2 atom stereocenters. The number of para-hydroxylation sites is 1. The summed E-state index contributed by atoms with van der Waals surface area (Å²) in [7, 11) is 1.79. The zero-order valence-electron chi connectivity index (χ0n) is 18.0. The van der Waals surface area contributed by atoms with Gasteiger partial charge < -0.3 is 9.80 Å². The van der Waals surface area contributed by atoms with E-state index in [-0.39, 0.29) is 23.8 Å². The van der Waals surface area contributed by atoms with Gasteiger partial charge in [-0.1, -0.05) is 56.3 Å². The van der Waals surface area contributed by atoms with Crippen LogP contribution in [0.3, 0.4) is 0 Å². The number of likely N-dealkylation sites (N-methyl/N-ethyl adjacent to an activating group) is 1. The van der Waals surface area contributed by atoms with Crippen molar-refractivity contribution < 1.29 is 9.59 Å².